The Morgan fingerprint density at radius 1 is 0.571 bits per heavy atom. The molecule has 0 spiro atoms. The molecule has 7 heteroatoms. The van der Waals surface area contributed by atoms with E-state index in [2.05, 4.69) is 6.92 Å². The predicted octanol–water partition coefficient (Wildman–Crippen LogP) is 11.5. The largest absolute Gasteiger partial charge is 0.209 e. The van der Waals surface area contributed by atoms with Crippen molar-refractivity contribution < 1.29 is 30.7 Å². The number of aryl methyl sites for hydroxylation is 2. The third kappa shape index (κ3) is 7.69. The van der Waals surface area contributed by atoms with Gasteiger partial charge in [-0.2, -0.15) is 0 Å². The number of hydrogen-bond acceptors (Lipinski definition) is 0. The molecule has 0 amide bonds. The molecule has 4 aromatic carbocycles. The number of hydrogen-bond donors (Lipinski definition) is 0. The normalized spacial score (nSPS) is 12.0. The van der Waals surface area contributed by atoms with Crippen molar-refractivity contribution in [2.24, 2.45) is 0 Å². The Morgan fingerprint density at radius 3 is 1.83 bits per heavy atom. The van der Waals surface area contributed by atoms with E-state index in [9.17, 15) is 26.3 Å². The van der Waals surface area contributed by atoms with Gasteiger partial charge < -0.3 is 0 Å². The van der Waals surface area contributed by atoms with Crippen LogP contribution in [0.3, 0.4) is 0 Å². The molecule has 0 saturated heterocycles. The van der Waals surface area contributed by atoms with Crippen LogP contribution in [0.15, 0.2) is 78.6 Å². The lowest BCUT2D eigenvalue weighted by atomic mass is 9.96. The van der Waals surface area contributed by atoms with Gasteiger partial charge >= 0.3 is 0 Å². The zero-order chi connectivity index (χ0) is 30.2. The van der Waals surface area contributed by atoms with E-state index in [1.807, 2.05) is 0 Å². The predicted molar refractivity (Wildman–Crippen MR) is 153 cm³/mol. The summed E-state index contributed by atoms with van der Waals surface area (Å²) in [5.41, 5.74) is 2.14. The quantitative estimate of drug-likeness (QED) is 0.0883. The number of benzene rings is 4. The molecule has 0 saturated carbocycles. The molecule has 0 atom stereocenters. The van der Waals surface area contributed by atoms with Gasteiger partial charge in [0, 0.05) is 17.5 Å². The van der Waals surface area contributed by atoms with Crippen molar-refractivity contribution in [2.75, 3.05) is 0 Å². The first-order valence-corrected chi connectivity index (χ1v) is 14.0. The average molecular weight is 585 g/mol. The minimum absolute atomic E-state index is 0.0553. The van der Waals surface area contributed by atoms with E-state index in [0.717, 1.165) is 37.8 Å². The van der Waals surface area contributed by atoms with Gasteiger partial charge in [0.25, 0.3) is 0 Å². The van der Waals surface area contributed by atoms with Crippen LogP contribution in [0.2, 0.25) is 0 Å². The summed E-state index contributed by atoms with van der Waals surface area (Å²) in [5.74, 6) is -7.04. The molecule has 0 radical (unpaired) electrons. The zero-order valence-electron chi connectivity index (χ0n) is 23.2. The first kappa shape index (κ1) is 31.1. The van der Waals surface area contributed by atoms with E-state index in [0.29, 0.717) is 23.1 Å². The Balaban J connectivity index is 1.43. The molecular weight excluding hydrogens is 553 g/mol. The first-order chi connectivity index (χ1) is 20.2. The fraction of sp³-hybridized carbons (Fsp3) is 0.257. The van der Waals surface area contributed by atoms with Crippen LogP contribution < -0.4 is 0 Å². The fourth-order valence-electron chi connectivity index (χ4n) is 4.84. The van der Waals surface area contributed by atoms with Crippen molar-refractivity contribution in [3.8, 4) is 22.3 Å². The summed E-state index contributed by atoms with van der Waals surface area (Å²) in [4.78, 5) is 0. The van der Waals surface area contributed by atoms with Gasteiger partial charge in [0.2, 0.25) is 0 Å². The van der Waals surface area contributed by atoms with Crippen molar-refractivity contribution in [3.63, 3.8) is 0 Å². The summed E-state index contributed by atoms with van der Waals surface area (Å²) < 4.78 is 98.8. The molecule has 0 N–H and O–H groups in total. The average Bonchev–Trinajstić information content (AvgIpc) is 2.98. The molecule has 0 aliphatic rings. The molecule has 4 rings (SSSR count). The highest BCUT2D eigenvalue weighted by Gasteiger charge is 2.14. The zero-order valence-corrected chi connectivity index (χ0v) is 23.2. The molecule has 0 nitrogen and oxygen atoms in total. The third-order valence-corrected chi connectivity index (χ3v) is 7.27. The molecule has 0 fully saturated rings. The fourth-order valence-corrected chi connectivity index (χ4v) is 4.84. The van der Waals surface area contributed by atoms with Crippen LogP contribution in [0, 0.1) is 29.1 Å². The summed E-state index contributed by atoms with van der Waals surface area (Å²) in [6.45, 7) is 2.09. The molecule has 4 aromatic rings. The van der Waals surface area contributed by atoms with Gasteiger partial charge in [0.05, 0.1) is 0 Å². The Morgan fingerprint density at radius 2 is 1.19 bits per heavy atom. The Bertz CT molecular complexity index is 1530. The van der Waals surface area contributed by atoms with Crippen molar-refractivity contribution in [1.82, 2.24) is 0 Å². The van der Waals surface area contributed by atoms with Crippen LogP contribution in [0.25, 0.3) is 28.1 Å². The summed E-state index contributed by atoms with van der Waals surface area (Å²) >= 11 is 0. The summed E-state index contributed by atoms with van der Waals surface area (Å²) in [6.07, 6.45) is 4.84. The van der Waals surface area contributed by atoms with E-state index in [-0.39, 0.29) is 41.5 Å². The van der Waals surface area contributed by atoms with Gasteiger partial charge in [-0.1, -0.05) is 81.1 Å². The standard InChI is InChI=1S/C35H31F7/c1-2-3-4-5-6-7-29(36)34(41)25-13-10-23(11-14-25)26-16-17-28(31(38)20-26)27-15-12-24(30(37)21-27)9-8-22-18-32(39)35(42)33(40)19-22/h10-21H,2-9H2,1H3. The maximum atomic E-state index is 15.1. The minimum Gasteiger partial charge on any atom is -0.209 e. The molecule has 0 heterocycles. The maximum Gasteiger partial charge on any atom is 0.194 e. The van der Waals surface area contributed by atoms with Gasteiger partial charge in [-0.15, -0.1) is 0 Å². The van der Waals surface area contributed by atoms with Crippen molar-refractivity contribution in [2.45, 2.75) is 58.3 Å². The van der Waals surface area contributed by atoms with Crippen LogP contribution >= 0.6 is 0 Å². The molecule has 0 unspecified atom stereocenters. The van der Waals surface area contributed by atoms with Gasteiger partial charge in [-0.3, -0.25) is 0 Å². The second-order valence-electron chi connectivity index (χ2n) is 10.3. The molecular formula is C35H31F7. The topological polar surface area (TPSA) is 0 Å². The van der Waals surface area contributed by atoms with Crippen LogP contribution in [0.4, 0.5) is 30.7 Å². The van der Waals surface area contributed by atoms with Crippen molar-refractivity contribution >= 4 is 5.83 Å². The molecule has 0 aliphatic heterocycles. The monoisotopic (exact) mass is 584 g/mol. The number of rotatable bonds is 12. The smallest absolute Gasteiger partial charge is 0.194 e. The lowest BCUT2D eigenvalue weighted by molar-refractivity contribution is 0.445. The van der Waals surface area contributed by atoms with E-state index in [4.69, 9.17) is 0 Å². The van der Waals surface area contributed by atoms with Crippen LogP contribution in [0.5, 0.6) is 0 Å². The summed E-state index contributed by atoms with van der Waals surface area (Å²) in [5, 5.41) is 0. The second kappa shape index (κ2) is 14.3. The van der Waals surface area contributed by atoms with Crippen LogP contribution in [-0.4, -0.2) is 0 Å². The number of allylic oxidation sites excluding steroid dienone is 1. The number of halogens is 7. The Labute approximate surface area is 241 Å². The highest BCUT2D eigenvalue weighted by molar-refractivity contribution is 5.73. The van der Waals surface area contributed by atoms with Gasteiger partial charge in [-0.25, -0.2) is 30.7 Å². The van der Waals surface area contributed by atoms with Crippen molar-refractivity contribution in [3.05, 3.63) is 124 Å². The van der Waals surface area contributed by atoms with E-state index < -0.39 is 40.7 Å². The summed E-state index contributed by atoms with van der Waals surface area (Å²) in [7, 11) is 0. The molecule has 0 aliphatic carbocycles. The van der Waals surface area contributed by atoms with Gasteiger partial charge in [0.15, 0.2) is 23.3 Å². The number of unbranched alkanes of at least 4 members (excludes halogenated alkanes) is 4. The highest BCUT2D eigenvalue weighted by atomic mass is 19.2. The van der Waals surface area contributed by atoms with Gasteiger partial charge in [0.1, 0.15) is 17.5 Å². The SMILES string of the molecule is CCCCCCCC(F)=C(F)c1ccc(-c2ccc(-c3ccc(CCc4cc(F)c(F)c(F)c4)c(F)c3)c(F)c2)cc1. The minimum atomic E-state index is -1.56. The maximum absolute atomic E-state index is 15.1. The second-order valence-corrected chi connectivity index (χ2v) is 10.3. The van der Waals surface area contributed by atoms with E-state index in [1.54, 1.807) is 24.3 Å². The third-order valence-electron chi connectivity index (χ3n) is 7.27. The van der Waals surface area contributed by atoms with E-state index >= 15 is 4.39 Å². The molecule has 220 valence electrons. The Hall–Kier alpha value is -3.87. The lowest BCUT2D eigenvalue weighted by Crippen LogP contribution is -1.99. The highest BCUT2D eigenvalue weighted by Crippen LogP contribution is 2.31. The van der Waals surface area contributed by atoms with Crippen molar-refractivity contribution in [1.29, 1.82) is 0 Å². The molecule has 42 heavy (non-hydrogen) atoms. The van der Waals surface area contributed by atoms with Crippen LogP contribution in [-0.2, 0) is 12.8 Å². The molecule has 0 bridgehead atoms. The first-order valence-electron chi connectivity index (χ1n) is 14.0. The molecule has 0 aromatic heterocycles. The lowest BCUT2D eigenvalue weighted by Gasteiger charge is -2.10. The van der Waals surface area contributed by atoms with E-state index in [1.165, 1.54) is 36.4 Å². The van der Waals surface area contributed by atoms with Crippen LogP contribution in [0.1, 0.15) is 62.1 Å². The summed E-state index contributed by atoms with van der Waals surface area (Å²) in [6, 6.07) is 16.5. The van der Waals surface area contributed by atoms with Gasteiger partial charge in [-0.05, 0) is 71.3 Å². The Kier molecular flexibility index (Phi) is 10.6.